The molecule has 1 amide bonds. The molecule has 19 heavy (non-hydrogen) atoms. The highest BCUT2D eigenvalue weighted by Gasteiger charge is 2.30. The van der Waals surface area contributed by atoms with Gasteiger partial charge in [0.25, 0.3) is 0 Å². The number of ether oxygens (including phenoxy) is 1. The van der Waals surface area contributed by atoms with Crippen molar-refractivity contribution >= 4 is 16.8 Å². The number of rotatable bonds is 5. The second-order valence-electron chi connectivity index (χ2n) is 5.29. The van der Waals surface area contributed by atoms with Crippen LogP contribution in [0.5, 0.6) is 5.75 Å². The van der Waals surface area contributed by atoms with Gasteiger partial charge in [0.05, 0.1) is 13.0 Å². The Balaban J connectivity index is 2.03. The third-order valence-electron chi connectivity index (χ3n) is 3.91. The first-order valence-electron chi connectivity index (χ1n) is 6.63. The standard InChI is InChI=1S/C15H18N2O2/c1-19-10-4-5-14-11(7-10)13(8-17-14)12(15(16)18)6-9-2-3-9/h4-5,7-9,12,17H,2-3,6H2,1H3,(H2,16,18). The van der Waals surface area contributed by atoms with Gasteiger partial charge in [0.1, 0.15) is 5.75 Å². The van der Waals surface area contributed by atoms with E-state index >= 15 is 0 Å². The van der Waals surface area contributed by atoms with E-state index in [9.17, 15) is 4.79 Å². The summed E-state index contributed by atoms with van der Waals surface area (Å²) < 4.78 is 5.25. The van der Waals surface area contributed by atoms with E-state index in [0.29, 0.717) is 5.92 Å². The summed E-state index contributed by atoms with van der Waals surface area (Å²) in [4.78, 5) is 14.9. The lowest BCUT2D eigenvalue weighted by molar-refractivity contribution is -0.119. The third kappa shape index (κ3) is 2.30. The average molecular weight is 258 g/mol. The molecule has 0 spiro atoms. The summed E-state index contributed by atoms with van der Waals surface area (Å²) in [5.41, 5.74) is 7.59. The summed E-state index contributed by atoms with van der Waals surface area (Å²) in [6.07, 6.45) is 5.20. The number of carbonyl (C=O) groups excluding carboxylic acids is 1. The number of aromatic nitrogens is 1. The second kappa shape index (κ2) is 4.61. The molecular weight excluding hydrogens is 240 g/mol. The van der Waals surface area contributed by atoms with E-state index in [4.69, 9.17) is 10.5 Å². The minimum Gasteiger partial charge on any atom is -0.497 e. The number of aromatic amines is 1. The molecule has 0 aliphatic heterocycles. The number of hydrogen-bond acceptors (Lipinski definition) is 2. The summed E-state index contributed by atoms with van der Waals surface area (Å²) in [7, 11) is 1.64. The van der Waals surface area contributed by atoms with E-state index in [-0.39, 0.29) is 11.8 Å². The van der Waals surface area contributed by atoms with Crippen LogP contribution in [0.1, 0.15) is 30.7 Å². The van der Waals surface area contributed by atoms with Gasteiger partial charge in [-0.1, -0.05) is 12.8 Å². The zero-order chi connectivity index (χ0) is 13.4. The topological polar surface area (TPSA) is 68.1 Å². The maximum atomic E-state index is 11.7. The lowest BCUT2D eigenvalue weighted by Gasteiger charge is -2.12. The summed E-state index contributed by atoms with van der Waals surface area (Å²) in [6.45, 7) is 0. The van der Waals surface area contributed by atoms with Crippen molar-refractivity contribution in [2.24, 2.45) is 11.7 Å². The van der Waals surface area contributed by atoms with Crippen molar-refractivity contribution in [2.45, 2.75) is 25.2 Å². The van der Waals surface area contributed by atoms with Crippen LogP contribution in [0.3, 0.4) is 0 Å². The number of amides is 1. The van der Waals surface area contributed by atoms with Crippen LogP contribution in [0.2, 0.25) is 0 Å². The molecular formula is C15H18N2O2. The monoisotopic (exact) mass is 258 g/mol. The summed E-state index contributed by atoms with van der Waals surface area (Å²) in [6, 6.07) is 5.83. The number of carbonyl (C=O) groups is 1. The Morgan fingerprint density at radius 2 is 2.32 bits per heavy atom. The average Bonchev–Trinajstić information content (AvgIpc) is 3.14. The van der Waals surface area contributed by atoms with Gasteiger partial charge in [-0.25, -0.2) is 0 Å². The molecule has 1 aromatic carbocycles. The molecule has 1 fully saturated rings. The molecule has 0 saturated heterocycles. The van der Waals surface area contributed by atoms with Crippen LogP contribution in [0.4, 0.5) is 0 Å². The van der Waals surface area contributed by atoms with Crippen molar-refractivity contribution in [1.29, 1.82) is 0 Å². The number of fused-ring (bicyclic) bond motifs is 1. The van der Waals surface area contributed by atoms with Gasteiger partial charge in [-0.15, -0.1) is 0 Å². The molecule has 0 radical (unpaired) electrons. The molecule has 100 valence electrons. The minimum atomic E-state index is -0.240. The van der Waals surface area contributed by atoms with Gasteiger partial charge < -0.3 is 15.5 Å². The Hall–Kier alpha value is -1.97. The minimum absolute atomic E-state index is 0.201. The number of H-pyrrole nitrogens is 1. The molecule has 3 rings (SSSR count). The predicted octanol–water partition coefficient (Wildman–Crippen LogP) is 2.55. The van der Waals surface area contributed by atoms with Gasteiger partial charge in [-0.2, -0.15) is 0 Å². The van der Waals surface area contributed by atoms with Gasteiger partial charge in [0, 0.05) is 17.1 Å². The Morgan fingerprint density at radius 3 is 2.95 bits per heavy atom. The van der Waals surface area contributed by atoms with Crippen molar-refractivity contribution < 1.29 is 9.53 Å². The first-order chi connectivity index (χ1) is 9.19. The first-order valence-corrected chi connectivity index (χ1v) is 6.63. The molecule has 1 aliphatic carbocycles. The van der Waals surface area contributed by atoms with Gasteiger partial charge >= 0.3 is 0 Å². The molecule has 1 aliphatic rings. The second-order valence-corrected chi connectivity index (χ2v) is 5.29. The molecule has 2 aromatic rings. The summed E-state index contributed by atoms with van der Waals surface area (Å²) in [5.74, 6) is 1.01. The highest BCUT2D eigenvalue weighted by Crippen LogP contribution is 2.40. The maximum absolute atomic E-state index is 11.7. The van der Waals surface area contributed by atoms with E-state index in [2.05, 4.69) is 4.98 Å². The Morgan fingerprint density at radius 1 is 1.53 bits per heavy atom. The maximum Gasteiger partial charge on any atom is 0.225 e. The lowest BCUT2D eigenvalue weighted by atomic mass is 9.92. The molecule has 1 unspecified atom stereocenters. The SMILES string of the molecule is COc1ccc2[nH]cc(C(CC3CC3)C(N)=O)c2c1. The van der Waals surface area contributed by atoms with E-state index in [1.807, 2.05) is 24.4 Å². The molecule has 1 atom stereocenters. The quantitative estimate of drug-likeness (QED) is 0.865. The highest BCUT2D eigenvalue weighted by atomic mass is 16.5. The Labute approximate surface area is 111 Å². The number of nitrogens with one attached hydrogen (secondary N) is 1. The zero-order valence-corrected chi connectivity index (χ0v) is 11.0. The molecule has 4 nitrogen and oxygen atoms in total. The Kier molecular flexibility index (Phi) is 2.93. The number of benzene rings is 1. The molecule has 1 aromatic heterocycles. The van der Waals surface area contributed by atoms with E-state index in [0.717, 1.165) is 28.6 Å². The molecule has 1 heterocycles. The molecule has 1 saturated carbocycles. The highest BCUT2D eigenvalue weighted by molar-refractivity contribution is 5.92. The smallest absolute Gasteiger partial charge is 0.225 e. The number of methoxy groups -OCH3 is 1. The summed E-state index contributed by atoms with van der Waals surface area (Å²) in [5, 5.41) is 1.03. The van der Waals surface area contributed by atoms with Crippen molar-refractivity contribution in [2.75, 3.05) is 7.11 Å². The Bertz CT molecular complexity index is 614. The number of nitrogens with two attached hydrogens (primary N) is 1. The molecule has 0 bridgehead atoms. The fourth-order valence-electron chi connectivity index (χ4n) is 2.62. The molecule has 3 N–H and O–H groups in total. The van der Waals surface area contributed by atoms with Gasteiger partial charge in [-0.05, 0) is 36.1 Å². The fraction of sp³-hybridized carbons (Fsp3) is 0.400. The van der Waals surface area contributed by atoms with Crippen LogP contribution in [-0.4, -0.2) is 18.0 Å². The van der Waals surface area contributed by atoms with Crippen LogP contribution in [0.15, 0.2) is 24.4 Å². The third-order valence-corrected chi connectivity index (χ3v) is 3.91. The predicted molar refractivity (Wildman–Crippen MR) is 74.1 cm³/mol. The zero-order valence-electron chi connectivity index (χ0n) is 11.0. The van der Waals surface area contributed by atoms with Gasteiger partial charge in [0.2, 0.25) is 5.91 Å². The van der Waals surface area contributed by atoms with Gasteiger partial charge in [-0.3, -0.25) is 4.79 Å². The van der Waals surface area contributed by atoms with Crippen LogP contribution >= 0.6 is 0 Å². The van der Waals surface area contributed by atoms with Crippen LogP contribution in [-0.2, 0) is 4.79 Å². The van der Waals surface area contributed by atoms with Crippen molar-refractivity contribution in [3.63, 3.8) is 0 Å². The van der Waals surface area contributed by atoms with E-state index in [1.165, 1.54) is 12.8 Å². The van der Waals surface area contributed by atoms with Crippen LogP contribution < -0.4 is 10.5 Å². The van der Waals surface area contributed by atoms with Crippen LogP contribution in [0, 0.1) is 5.92 Å². The van der Waals surface area contributed by atoms with E-state index in [1.54, 1.807) is 7.11 Å². The van der Waals surface area contributed by atoms with E-state index < -0.39 is 0 Å². The van der Waals surface area contributed by atoms with Crippen molar-refractivity contribution in [3.05, 3.63) is 30.0 Å². The summed E-state index contributed by atoms with van der Waals surface area (Å²) >= 11 is 0. The lowest BCUT2D eigenvalue weighted by Crippen LogP contribution is -2.21. The fourth-order valence-corrected chi connectivity index (χ4v) is 2.62. The van der Waals surface area contributed by atoms with Crippen LogP contribution in [0.25, 0.3) is 10.9 Å². The largest absolute Gasteiger partial charge is 0.497 e. The first kappa shape index (κ1) is 12.1. The molecule has 4 heteroatoms. The van der Waals surface area contributed by atoms with Gasteiger partial charge in [0.15, 0.2) is 0 Å². The van der Waals surface area contributed by atoms with Crippen molar-refractivity contribution in [1.82, 2.24) is 4.98 Å². The normalized spacial score (nSPS) is 16.5. The number of primary amides is 1. The number of hydrogen-bond donors (Lipinski definition) is 2. The van der Waals surface area contributed by atoms with Crippen molar-refractivity contribution in [3.8, 4) is 5.75 Å².